The second-order valence-corrected chi connectivity index (χ2v) is 17.2. The lowest BCUT2D eigenvalue weighted by atomic mass is 9.85. The lowest BCUT2D eigenvalue weighted by Crippen LogP contribution is -2.55. The largest absolute Gasteiger partial charge is 0.494 e. The minimum Gasteiger partial charge on any atom is -0.494 e. The molecular formula is C36H48FN5O7S. The molecule has 0 unspecified atom stereocenters. The number of fused-ring (bicyclic) bond motifs is 3. The second-order valence-electron chi connectivity index (χ2n) is 15.0. The Kier molecular flexibility index (Phi) is 9.90. The molecule has 2 aliphatic heterocycles. The van der Waals surface area contributed by atoms with Crippen LogP contribution in [0.5, 0.6) is 11.6 Å². The van der Waals surface area contributed by atoms with Gasteiger partial charge in [-0.15, -0.1) is 0 Å². The summed E-state index contributed by atoms with van der Waals surface area (Å²) < 4.78 is 53.1. The summed E-state index contributed by atoms with van der Waals surface area (Å²) in [6.07, 6.45) is 9.21. The third kappa shape index (κ3) is 7.19. The van der Waals surface area contributed by atoms with Crippen LogP contribution in [0.4, 0.5) is 4.39 Å². The summed E-state index contributed by atoms with van der Waals surface area (Å²) in [4.78, 5) is 47.5. The van der Waals surface area contributed by atoms with Crippen LogP contribution in [0, 0.1) is 23.6 Å². The van der Waals surface area contributed by atoms with Crippen LogP contribution in [0.25, 0.3) is 10.8 Å². The molecule has 2 saturated carbocycles. The van der Waals surface area contributed by atoms with Crippen molar-refractivity contribution in [3.05, 3.63) is 42.4 Å². The van der Waals surface area contributed by atoms with Crippen molar-refractivity contribution in [3.63, 3.8) is 0 Å². The third-order valence-corrected chi connectivity index (χ3v) is 13.4. The number of nitrogens with one attached hydrogen (secondary N) is 2. The monoisotopic (exact) mass is 713 g/mol. The summed E-state index contributed by atoms with van der Waals surface area (Å²) in [5.74, 6) is -1.45. The molecule has 6 rings (SSSR count). The Morgan fingerprint density at radius 3 is 2.68 bits per heavy atom. The van der Waals surface area contributed by atoms with Crippen molar-refractivity contribution < 1.29 is 36.7 Å². The number of hydrogen-bond donors (Lipinski definition) is 3. The number of sulfonamides is 1. The van der Waals surface area contributed by atoms with E-state index in [0.29, 0.717) is 42.2 Å². The van der Waals surface area contributed by atoms with Crippen LogP contribution in [0.1, 0.15) is 78.6 Å². The standard InChI is InChI=1S/C36H48FN5O7S/c1-5-22-14-21(2)8-6-7-9-23-17-36(23,18-30(43)41-50(46,47)35(3)12-13-35)40-32(44)28-16-25(20-42(28)34(45)31(22)38)49-33-27-15-24(37)10-11-26(27)29(48-4)19-39-33/h7,9-11,15,19,21-23,25,28,31H,5-6,8,12-14,16-18,20,38H2,1-4H3,(H,40,44)(H,41,43)/b9-7-/t21-,22-,23-,25-,28+,31+,36+/m1/s1. The summed E-state index contributed by atoms with van der Waals surface area (Å²) in [5, 5.41) is 4.04. The maximum Gasteiger partial charge on any atom is 0.243 e. The highest BCUT2D eigenvalue weighted by Gasteiger charge is 2.58. The number of nitrogens with two attached hydrogens (primary N) is 1. The molecule has 1 aromatic carbocycles. The number of aromatic nitrogens is 1. The minimum absolute atomic E-state index is 0.0365. The quantitative estimate of drug-likeness (QED) is 0.345. The second kappa shape index (κ2) is 13.7. The van der Waals surface area contributed by atoms with E-state index in [9.17, 15) is 27.2 Å². The van der Waals surface area contributed by atoms with Gasteiger partial charge in [0.05, 0.1) is 48.0 Å². The van der Waals surface area contributed by atoms with Crippen LogP contribution in [0.3, 0.4) is 0 Å². The van der Waals surface area contributed by atoms with Crippen LogP contribution in [-0.2, 0) is 24.4 Å². The number of amides is 3. The Morgan fingerprint density at radius 2 is 1.98 bits per heavy atom. The summed E-state index contributed by atoms with van der Waals surface area (Å²) >= 11 is 0. The maximum absolute atomic E-state index is 14.4. The summed E-state index contributed by atoms with van der Waals surface area (Å²) in [6, 6.07) is 2.35. The summed E-state index contributed by atoms with van der Waals surface area (Å²) in [5.41, 5.74) is 5.65. The van der Waals surface area contributed by atoms with Crippen molar-refractivity contribution in [3.8, 4) is 11.6 Å². The topological polar surface area (TPSA) is 170 Å². The van der Waals surface area contributed by atoms with Crippen molar-refractivity contribution in [1.29, 1.82) is 0 Å². The molecule has 3 amide bonds. The number of methoxy groups -OCH3 is 1. The van der Waals surface area contributed by atoms with Crippen LogP contribution in [0.2, 0.25) is 0 Å². The Labute approximate surface area is 292 Å². The van der Waals surface area contributed by atoms with Gasteiger partial charge in [-0.25, -0.2) is 17.8 Å². The fourth-order valence-electron chi connectivity index (χ4n) is 7.54. The lowest BCUT2D eigenvalue weighted by Gasteiger charge is -2.31. The van der Waals surface area contributed by atoms with Gasteiger partial charge in [0.25, 0.3) is 0 Å². The number of hydrogen-bond acceptors (Lipinski definition) is 9. The molecule has 50 heavy (non-hydrogen) atoms. The summed E-state index contributed by atoms with van der Waals surface area (Å²) in [7, 11) is -2.37. The molecule has 1 aromatic heterocycles. The Hall–Kier alpha value is -3.78. The van der Waals surface area contributed by atoms with E-state index in [-0.39, 0.29) is 48.9 Å². The molecule has 0 spiro atoms. The van der Waals surface area contributed by atoms with Crippen LogP contribution >= 0.6 is 0 Å². The molecule has 2 aromatic rings. The van der Waals surface area contributed by atoms with E-state index < -0.39 is 56.1 Å². The van der Waals surface area contributed by atoms with Gasteiger partial charge < -0.3 is 25.4 Å². The Bertz CT molecular complexity index is 1800. The molecule has 3 fully saturated rings. The van der Waals surface area contributed by atoms with E-state index >= 15 is 0 Å². The van der Waals surface area contributed by atoms with Gasteiger partial charge in [-0.05, 0) is 75.5 Å². The van der Waals surface area contributed by atoms with E-state index in [1.807, 2.05) is 13.0 Å². The molecule has 2 aliphatic carbocycles. The highest BCUT2D eigenvalue weighted by Crippen LogP contribution is 2.48. The number of carbonyl (C=O) groups is 3. The van der Waals surface area contributed by atoms with Crippen LogP contribution < -0.4 is 25.2 Å². The number of allylic oxidation sites excluding steroid dienone is 1. The fourth-order valence-corrected chi connectivity index (χ4v) is 8.79. The first-order chi connectivity index (χ1) is 23.7. The van der Waals surface area contributed by atoms with Crippen molar-refractivity contribution in [2.24, 2.45) is 23.5 Å². The van der Waals surface area contributed by atoms with Gasteiger partial charge in [0.2, 0.25) is 33.6 Å². The molecule has 272 valence electrons. The zero-order chi connectivity index (χ0) is 36.0. The first-order valence-electron chi connectivity index (χ1n) is 17.6. The molecular weight excluding hydrogens is 665 g/mol. The molecule has 12 nitrogen and oxygen atoms in total. The van der Waals surface area contributed by atoms with Crippen molar-refractivity contribution in [2.75, 3.05) is 13.7 Å². The van der Waals surface area contributed by atoms with Crippen molar-refractivity contribution >= 4 is 38.5 Å². The smallest absolute Gasteiger partial charge is 0.243 e. The van der Waals surface area contributed by atoms with E-state index in [1.165, 1.54) is 30.3 Å². The molecule has 3 heterocycles. The number of rotatable bonds is 8. The Morgan fingerprint density at radius 1 is 1.22 bits per heavy atom. The first-order valence-corrected chi connectivity index (χ1v) is 19.1. The highest BCUT2D eigenvalue weighted by atomic mass is 32.2. The number of halogens is 1. The van der Waals surface area contributed by atoms with Crippen molar-refractivity contribution in [2.45, 2.75) is 107 Å². The number of benzene rings is 1. The van der Waals surface area contributed by atoms with E-state index in [0.717, 1.165) is 19.3 Å². The zero-order valence-electron chi connectivity index (χ0n) is 29.1. The maximum atomic E-state index is 14.4. The zero-order valence-corrected chi connectivity index (χ0v) is 29.9. The highest BCUT2D eigenvalue weighted by molar-refractivity contribution is 7.91. The lowest BCUT2D eigenvalue weighted by molar-refractivity contribution is -0.141. The average molecular weight is 714 g/mol. The van der Waals surface area contributed by atoms with Gasteiger partial charge >= 0.3 is 0 Å². The van der Waals surface area contributed by atoms with Gasteiger partial charge in [0.15, 0.2) is 0 Å². The molecule has 0 radical (unpaired) electrons. The molecule has 4 aliphatic rings. The third-order valence-electron chi connectivity index (χ3n) is 11.2. The molecule has 7 atom stereocenters. The van der Waals surface area contributed by atoms with E-state index in [2.05, 4.69) is 28.0 Å². The van der Waals surface area contributed by atoms with Gasteiger partial charge in [-0.3, -0.25) is 19.1 Å². The predicted molar refractivity (Wildman–Crippen MR) is 185 cm³/mol. The SMILES string of the molecule is CC[C@@H]1C[C@H](C)CC/C=C\[C@@H]2C[C@@]2(CC(=O)NS(=O)(=O)C2(C)CC2)NC(=O)[C@@H]2C[C@@H](Oc3ncc(OC)c4ccc(F)cc34)CN2C(=O)[C@H]1N. The van der Waals surface area contributed by atoms with E-state index in [1.54, 1.807) is 13.0 Å². The van der Waals surface area contributed by atoms with E-state index in [4.69, 9.17) is 15.2 Å². The number of carbonyl (C=O) groups excluding carboxylic acids is 3. The molecule has 4 N–H and O–H groups in total. The predicted octanol–water partition coefficient (Wildman–Crippen LogP) is 3.72. The van der Waals surface area contributed by atoms with Crippen LogP contribution in [-0.4, -0.2) is 78.2 Å². The van der Waals surface area contributed by atoms with Gasteiger partial charge in [0, 0.05) is 17.7 Å². The number of nitrogens with zero attached hydrogens (tertiary/aromatic N) is 2. The molecule has 1 saturated heterocycles. The molecule has 14 heteroatoms. The van der Waals surface area contributed by atoms with Gasteiger partial charge in [0.1, 0.15) is 23.7 Å². The fraction of sp³-hybridized carbons (Fsp3) is 0.611. The first kappa shape index (κ1) is 36.0. The van der Waals surface area contributed by atoms with Gasteiger partial charge in [-0.2, -0.15) is 0 Å². The number of ether oxygens (including phenoxy) is 2. The normalized spacial score (nSPS) is 31.8. The summed E-state index contributed by atoms with van der Waals surface area (Å²) in [6.45, 7) is 5.79. The average Bonchev–Trinajstić information content (AvgIpc) is 3.93. The Balaban J connectivity index is 1.29. The van der Waals surface area contributed by atoms with Crippen molar-refractivity contribution in [1.82, 2.24) is 19.9 Å². The number of pyridine rings is 1. The molecule has 0 bridgehead atoms. The van der Waals surface area contributed by atoms with Crippen LogP contribution in [0.15, 0.2) is 36.5 Å². The van der Waals surface area contributed by atoms with Gasteiger partial charge in [-0.1, -0.05) is 32.4 Å². The minimum atomic E-state index is -3.86.